The van der Waals surface area contributed by atoms with E-state index in [4.69, 9.17) is 23.2 Å². The lowest BCUT2D eigenvalue weighted by Crippen LogP contribution is -2.07. The third-order valence-corrected chi connectivity index (χ3v) is 3.04. The number of rotatable bonds is 2. The van der Waals surface area contributed by atoms with E-state index in [0.29, 0.717) is 16.3 Å². The van der Waals surface area contributed by atoms with Gasteiger partial charge in [0.1, 0.15) is 11.9 Å². The molecule has 0 amide bonds. The largest absolute Gasteiger partial charge is 0.382 e. The first-order valence-electron chi connectivity index (χ1n) is 4.81. The van der Waals surface area contributed by atoms with Gasteiger partial charge in [0.15, 0.2) is 0 Å². The lowest BCUT2D eigenvalue weighted by atomic mass is 10.1. The first-order valence-corrected chi connectivity index (χ1v) is 5.56. The van der Waals surface area contributed by atoms with Crippen molar-refractivity contribution in [1.29, 1.82) is 0 Å². The van der Waals surface area contributed by atoms with E-state index in [1.54, 1.807) is 7.05 Å². The normalized spacial score (nSPS) is 12.8. The molecule has 1 aromatic carbocycles. The average Bonchev–Trinajstić information content (AvgIpc) is 2.62. The predicted molar refractivity (Wildman–Crippen MR) is 63.7 cm³/mol. The average molecular weight is 275 g/mol. The number of benzene rings is 1. The van der Waals surface area contributed by atoms with Crippen LogP contribution in [0.5, 0.6) is 0 Å². The van der Waals surface area contributed by atoms with Crippen molar-refractivity contribution in [1.82, 2.24) is 9.78 Å². The Bertz CT molecular complexity index is 537. The summed E-state index contributed by atoms with van der Waals surface area (Å²) < 4.78 is 14.5. The maximum atomic E-state index is 13.0. The van der Waals surface area contributed by atoms with Gasteiger partial charge in [-0.25, -0.2) is 4.39 Å². The summed E-state index contributed by atoms with van der Waals surface area (Å²) in [6.07, 6.45) is 0.443. The van der Waals surface area contributed by atoms with E-state index in [-0.39, 0.29) is 5.02 Å². The molecule has 0 saturated heterocycles. The highest BCUT2D eigenvalue weighted by atomic mass is 35.5. The van der Waals surface area contributed by atoms with Gasteiger partial charge >= 0.3 is 0 Å². The lowest BCUT2D eigenvalue weighted by Gasteiger charge is -2.12. The van der Waals surface area contributed by atoms with Crippen LogP contribution < -0.4 is 0 Å². The second-order valence-electron chi connectivity index (χ2n) is 3.58. The number of aliphatic hydroxyl groups is 1. The summed E-state index contributed by atoms with van der Waals surface area (Å²) in [5.41, 5.74) is 0.899. The van der Waals surface area contributed by atoms with Gasteiger partial charge < -0.3 is 5.11 Å². The number of nitrogens with zero attached hydrogens (tertiary/aromatic N) is 2. The number of hydrogen-bond donors (Lipinski definition) is 1. The molecule has 0 aliphatic heterocycles. The van der Waals surface area contributed by atoms with Crippen molar-refractivity contribution in [3.63, 3.8) is 0 Å². The van der Waals surface area contributed by atoms with Crippen LogP contribution in [0.15, 0.2) is 24.4 Å². The summed E-state index contributed by atoms with van der Waals surface area (Å²) in [5.74, 6) is -0.529. The fourth-order valence-electron chi connectivity index (χ4n) is 1.57. The standard InChI is InChI=1S/C11H9Cl2FN2O/c1-16-10(8(13)5-15-16)11(17)6-2-3-9(14)7(12)4-6/h2-5,11,17H,1H3. The van der Waals surface area contributed by atoms with Crippen molar-refractivity contribution in [3.05, 3.63) is 51.5 Å². The monoisotopic (exact) mass is 274 g/mol. The number of aryl methyl sites for hydroxylation is 1. The maximum Gasteiger partial charge on any atom is 0.141 e. The summed E-state index contributed by atoms with van der Waals surface area (Å²) in [6.45, 7) is 0. The zero-order valence-corrected chi connectivity index (χ0v) is 10.4. The SMILES string of the molecule is Cn1ncc(Cl)c1C(O)c1ccc(F)c(Cl)c1. The van der Waals surface area contributed by atoms with Gasteiger partial charge in [-0.15, -0.1) is 0 Å². The van der Waals surface area contributed by atoms with Gasteiger partial charge in [0, 0.05) is 7.05 Å². The molecule has 17 heavy (non-hydrogen) atoms. The first kappa shape index (κ1) is 12.4. The van der Waals surface area contributed by atoms with Crippen molar-refractivity contribution in [2.75, 3.05) is 0 Å². The summed E-state index contributed by atoms with van der Waals surface area (Å²) in [6, 6.07) is 4.02. The van der Waals surface area contributed by atoms with E-state index in [2.05, 4.69) is 5.10 Å². The molecule has 1 N–H and O–H groups in total. The molecule has 0 saturated carbocycles. The molecule has 1 heterocycles. The molecule has 0 spiro atoms. The third-order valence-electron chi connectivity index (χ3n) is 2.46. The molecular weight excluding hydrogens is 266 g/mol. The van der Waals surface area contributed by atoms with Crippen molar-refractivity contribution in [3.8, 4) is 0 Å². The van der Waals surface area contributed by atoms with Crippen LogP contribution in [0.25, 0.3) is 0 Å². The molecule has 6 heteroatoms. The molecule has 1 atom stereocenters. The minimum atomic E-state index is -0.993. The molecule has 1 aromatic heterocycles. The quantitative estimate of drug-likeness (QED) is 0.915. The molecule has 0 radical (unpaired) electrons. The van der Waals surface area contributed by atoms with Crippen LogP contribution in [0, 0.1) is 5.82 Å². The Morgan fingerprint density at radius 3 is 2.59 bits per heavy atom. The Kier molecular flexibility index (Phi) is 3.38. The van der Waals surface area contributed by atoms with E-state index >= 15 is 0 Å². The third kappa shape index (κ3) is 2.29. The number of halogens is 3. The highest BCUT2D eigenvalue weighted by Crippen LogP contribution is 2.29. The second kappa shape index (κ2) is 4.64. The van der Waals surface area contributed by atoms with Gasteiger partial charge in [-0.2, -0.15) is 5.10 Å². The summed E-state index contributed by atoms with van der Waals surface area (Å²) in [7, 11) is 1.66. The van der Waals surface area contributed by atoms with Gasteiger partial charge in [-0.05, 0) is 17.7 Å². The van der Waals surface area contributed by atoms with Crippen LogP contribution in [0.3, 0.4) is 0 Å². The van der Waals surface area contributed by atoms with Crippen LogP contribution in [-0.4, -0.2) is 14.9 Å². The fourth-order valence-corrected chi connectivity index (χ4v) is 2.03. The Morgan fingerprint density at radius 1 is 1.35 bits per heavy atom. The molecule has 0 aliphatic carbocycles. The summed E-state index contributed by atoms with van der Waals surface area (Å²) >= 11 is 11.6. The number of hydrogen-bond acceptors (Lipinski definition) is 2. The molecule has 3 nitrogen and oxygen atoms in total. The Hall–Kier alpha value is -1.10. The van der Waals surface area contributed by atoms with Crippen LogP contribution in [-0.2, 0) is 7.05 Å². The maximum absolute atomic E-state index is 13.0. The number of aromatic nitrogens is 2. The zero-order chi connectivity index (χ0) is 12.6. The topological polar surface area (TPSA) is 38.0 Å². The zero-order valence-electron chi connectivity index (χ0n) is 8.86. The van der Waals surface area contributed by atoms with Crippen LogP contribution in [0.2, 0.25) is 10.0 Å². The molecule has 1 unspecified atom stereocenters. The van der Waals surface area contributed by atoms with Gasteiger partial charge in [-0.3, -0.25) is 4.68 Å². The van der Waals surface area contributed by atoms with E-state index < -0.39 is 11.9 Å². The van der Waals surface area contributed by atoms with Gasteiger partial charge in [0.2, 0.25) is 0 Å². The van der Waals surface area contributed by atoms with E-state index in [1.807, 2.05) is 0 Å². The van der Waals surface area contributed by atoms with Gasteiger partial charge in [0.05, 0.1) is 21.9 Å². The minimum absolute atomic E-state index is 0.0418. The van der Waals surface area contributed by atoms with Crippen LogP contribution in [0.1, 0.15) is 17.4 Å². The Balaban J connectivity index is 2.43. The summed E-state index contributed by atoms with van der Waals surface area (Å²) in [4.78, 5) is 0. The highest BCUT2D eigenvalue weighted by Gasteiger charge is 2.19. The first-order chi connectivity index (χ1) is 8.00. The van der Waals surface area contributed by atoms with Crippen molar-refractivity contribution in [2.24, 2.45) is 7.05 Å². The van der Waals surface area contributed by atoms with Crippen molar-refractivity contribution in [2.45, 2.75) is 6.10 Å². The molecule has 2 aromatic rings. The van der Waals surface area contributed by atoms with Crippen LogP contribution >= 0.6 is 23.2 Å². The summed E-state index contributed by atoms with van der Waals surface area (Å²) in [5, 5.41) is 14.4. The van der Waals surface area contributed by atoms with E-state index in [0.717, 1.165) is 0 Å². The Labute approximate surface area is 107 Å². The van der Waals surface area contributed by atoms with Gasteiger partial charge in [0.25, 0.3) is 0 Å². The van der Waals surface area contributed by atoms with E-state index in [9.17, 15) is 9.50 Å². The molecule has 0 fully saturated rings. The lowest BCUT2D eigenvalue weighted by molar-refractivity contribution is 0.210. The van der Waals surface area contributed by atoms with Crippen molar-refractivity contribution >= 4 is 23.2 Å². The Morgan fingerprint density at radius 2 is 2.06 bits per heavy atom. The molecule has 2 rings (SSSR count). The predicted octanol–water partition coefficient (Wildman–Crippen LogP) is 2.95. The van der Waals surface area contributed by atoms with Crippen LogP contribution in [0.4, 0.5) is 4.39 Å². The highest BCUT2D eigenvalue weighted by molar-refractivity contribution is 6.31. The molecule has 0 aliphatic rings. The molecular formula is C11H9Cl2FN2O. The second-order valence-corrected chi connectivity index (χ2v) is 4.39. The van der Waals surface area contributed by atoms with Crippen molar-refractivity contribution < 1.29 is 9.50 Å². The molecule has 90 valence electrons. The molecule has 0 bridgehead atoms. The van der Waals surface area contributed by atoms with E-state index in [1.165, 1.54) is 29.1 Å². The van der Waals surface area contributed by atoms with Gasteiger partial charge in [-0.1, -0.05) is 29.3 Å². The smallest absolute Gasteiger partial charge is 0.141 e. The minimum Gasteiger partial charge on any atom is -0.382 e. The fraction of sp³-hybridized carbons (Fsp3) is 0.182. The number of aliphatic hydroxyl groups excluding tert-OH is 1.